The molecule has 1 atom stereocenters. The van der Waals surface area contributed by atoms with Gasteiger partial charge in [0.2, 0.25) is 0 Å². The van der Waals surface area contributed by atoms with E-state index in [1.807, 2.05) is 13.0 Å². The van der Waals surface area contributed by atoms with Crippen LogP contribution in [-0.4, -0.2) is 8.32 Å². The van der Waals surface area contributed by atoms with Crippen LogP contribution in [-0.2, 0) is 4.43 Å². The van der Waals surface area contributed by atoms with Crippen LogP contribution in [0.25, 0.3) is 0 Å². The van der Waals surface area contributed by atoms with Crippen molar-refractivity contribution in [3.05, 3.63) is 20.3 Å². The standard InChI is InChI=1S/C10H14BrNOSSi/c1-7-8(11)5-10(14-7)9(6-12)13-15(2,3)4/h5,9H,1-4H3. The van der Waals surface area contributed by atoms with Crippen molar-refractivity contribution in [3.63, 3.8) is 0 Å². The molecule has 0 aliphatic rings. The summed E-state index contributed by atoms with van der Waals surface area (Å²) in [5.74, 6) is 0. The van der Waals surface area contributed by atoms with Gasteiger partial charge in [-0.05, 0) is 48.6 Å². The average molecular weight is 304 g/mol. The Labute approximate surface area is 104 Å². The molecule has 82 valence electrons. The van der Waals surface area contributed by atoms with Gasteiger partial charge in [0.25, 0.3) is 0 Å². The van der Waals surface area contributed by atoms with Crippen molar-refractivity contribution >= 4 is 35.6 Å². The van der Waals surface area contributed by atoms with Gasteiger partial charge in [-0.15, -0.1) is 11.3 Å². The minimum atomic E-state index is -1.66. The zero-order valence-electron chi connectivity index (χ0n) is 9.30. The Morgan fingerprint density at radius 3 is 2.47 bits per heavy atom. The molecule has 0 saturated carbocycles. The van der Waals surface area contributed by atoms with E-state index in [1.165, 1.54) is 4.88 Å². The number of nitrogens with zero attached hydrogens (tertiary/aromatic N) is 1. The van der Waals surface area contributed by atoms with E-state index in [-0.39, 0.29) is 0 Å². The van der Waals surface area contributed by atoms with E-state index < -0.39 is 14.4 Å². The second kappa shape index (κ2) is 4.79. The number of nitriles is 1. The Bertz CT molecular complexity index is 372. The molecule has 1 rings (SSSR count). The molecule has 1 unspecified atom stereocenters. The van der Waals surface area contributed by atoms with E-state index in [0.29, 0.717) is 0 Å². The molecule has 0 fully saturated rings. The van der Waals surface area contributed by atoms with Gasteiger partial charge in [-0.3, -0.25) is 0 Å². The molecular weight excluding hydrogens is 290 g/mol. The summed E-state index contributed by atoms with van der Waals surface area (Å²) in [6, 6.07) is 4.20. The Kier molecular flexibility index (Phi) is 4.12. The van der Waals surface area contributed by atoms with Crippen LogP contribution in [0.1, 0.15) is 15.9 Å². The first-order valence-electron chi connectivity index (χ1n) is 4.67. The largest absolute Gasteiger partial charge is 0.398 e. The summed E-state index contributed by atoms with van der Waals surface area (Å²) >= 11 is 5.07. The number of halogens is 1. The van der Waals surface area contributed by atoms with Gasteiger partial charge in [-0.2, -0.15) is 5.26 Å². The smallest absolute Gasteiger partial charge is 0.186 e. The lowest BCUT2D eigenvalue weighted by Crippen LogP contribution is -2.27. The number of thiophene rings is 1. The van der Waals surface area contributed by atoms with E-state index >= 15 is 0 Å². The SMILES string of the molecule is Cc1sc(C(C#N)O[Si](C)(C)C)cc1Br. The van der Waals surface area contributed by atoms with Crippen LogP contribution in [0.4, 0.5) is 0 Å². The fourth-order valence-electron chi connectivity index (χ4n) is 1.11. The molecule has 0 saturated heterocycles. The van der Waals surface area contributed by atoms with Gasteiger partial charge in [0.05, 0.1) is 6.07 Å². The van der Waals surface area contributed by atoms with Crippen molar-refractivity contribution in [1.82, 2.24) is 0 Å². The molecule has 0 bridgehead atoms. The maximum absolute atomic E-state index is 9.08. The van der Waals surface area contributed by atoms with E-state index in [4.69, 9.17) is 9.69 Å². The van der Waals surface area contributed by atoms with Crippen LogP contribution in [0.2, 0.25) is 19.6 Å². The zero-order valence-corrected chi connectivity index (χ0v) is 12.7. The number of aryl methyl sites for hydroxylation is 1. The van der Waals surface area contributed by atoms with Gasteiger partial charge in [-0.25, -0.2) is 0 Å². The first kappa shape index (κ1) is 12.9. The van der Waals surface area contributed by atoms with Gasteiger partial charge in [0.1, 0.15) is 0 Å². The Morgan fingerprint density at radius 2 is 2.13 bits per heavy atom. The van der Waals surface area contributed by atoms with Gasteiger partial charge < -0.3 is 4.43 Å². The number of hydrogen-bond donors (Lipinski definition) is 0. The third-order valence-electron chi connectivity index (χ3n) is 1.72. The molecule has 0 amide bonds. The van der Waals surface area contributed by atoms with E-state index in [2.05, 4.69) is 41.6 Å². The molecule has 1 aromatic rings. The predicted molar refractivity (Wildman–Crippen MR) is 69.5 cm³/mol. The molecule has 1 heterocycles. The van der Waals surface area contributed by atoms with Crippen LogP contribution < -0.4 is 0 Å². The highest BCUT2D eigenvalue weighted by Gasteiger charge is 2.23. The molecule has 0 spiro atoms. The number of hydrogen-bond acceptors (Lipinski definition) is 3. The third kappa shape index (κ3) is 3.72. The summed E-state index contributed by atoms with van der Waals surface area (Å²) in [7, 11) is -1.66. The first-order valence-corrected chi connectivity index (χ1v) is 9.68. The average Bonchev–Trinajstić information content (AvgIpc) is 2.41. The summed E-state index contributed by atoms with van der Waals surface area (Å²) in [6.07, 6.45) is -0.410. The molecular formula is C10H14BrNOSSi. The molecule has 5 heteroatoms. The second-order valence-corrected chi connectivity index (χ2v) is 10.9. The predicted octanol–water partition coefficient (Wildman–Crippen LogP) is 4.24. The van der Waals surface area contributed by atoms with Crippen LogP contribution in [0.3, 0.4) is 0 Å². The molecule has 0 aliphatic heterocycles. The van der Waals surface area contributed by atoms with Gasteiger partial charge in [0.15, 0.2) is 14.4 Å². The molecule has 1 aromatic heterocycles. The highest BCUT2D eigenvalue weighted by atomic mass is 79.9. The van der Waals surface area contributed by atoms with Crippen LogP contribution >= 0.6 is 27.3 Å². The minimum Gasteiger partial charge on any atom is -0.398 e. The summed E-state index contributed by atoms with van der Waals surface area (Å²) in [6.45, 7) is 8.30. The lowest BCUT2D eigenvalue weighted by Gasteiger charge is -2.20. The summed E-state index contributed by atoms with van der Waals surface area (Å²) in [5, 5.41) is 9.08. The summed E-state index contributed by atoms with van der Waals surface area (Å²) in [4.78, 5) is 2.17. The fraction of sp³-hybridized carbons (Fsp3) is 0.500. The summed E-state index contributed by atoms with van der Waals surface area (Å²) < 4.78 is 6.87. The zero-order chi connectivity index (χ0) is 11.6. The lowest BCUT2D eigenvalue weighted by atomic mass is 10.3. The van der Waals surface area contributed by atoms with Gasteiger partial charge >= 0.3 is 0 Å². The van der Waals surface area contributed by atoms with Gasteiger partial charge in [0, 0.05) is 14.2 Å². The summed E-state index contributed by atoms with van der Waals surface area (Å²) in [5.41, 5.74) is 0. The molecule has 0 aromatic carbocycles. The van der Waals surface area contributed by atoms with E-state index in [9.17, 15) is 0 Å². The normalized spacial score (nSPS) is 13.6. The van der Waals surface area contributed by atoms with Crippen molar-refractivity contribution in [2.45, 2.75) is 32.7 Å². The maximum atomic E-state index is 9.08. The quantitative estimate of drug-likeness (QED) is 0.783. The topological polar surface area (TPSA) is 33.0 Å². The monoisotopic (exact) mass is 303 g/mol. The number of rotatable bonds is 3. The van der Waals surface area contributed by atoms with Crippen LogP contribution in [0, 0.1) is 18.3 Å². The van der Waals surface area contributed by atoms with Crippen LogP contribution in [0.15, 0.2) is 10.5 Å². The van der Waals surface area contributed by atoms with Crippen molar-refractivity contribution in [2.75, 3.05) is 0 Å². The van der Waals surface area contributed by atoms with Gasteiger partial charge in [-0.1, -0.05) is 0 Å². The Morgan fingerprint density at radius 1 is 1.53 bits per heavy atom. The van der Waals surface area contributed by atoms with Crippen molar-refractivity contribution in [1.29, 1.82) is 5.26 Å². The minimum absolute atomic E-state index is 0.410. The van der Waals surface area contributed by atoms with Crippen LogP contribution in [0.5, 0.6) is 0 Å². The Balaban J connectivity index is 2.90. The highest BCUT2D eigenvalue weighted by molar-refractivity contribution is 9.10. The molecule has 0 N–H and O–H groups in total. The highest BCUT2D eigenvalue weighted by Crippen LogP contribution is 2.33. The third-order valence-corrected chi connectivity index (χ3v) is 4.85. The van der Waals surface area contributed by atoms with Crippen molar-refractivity contribution in [2.24, 2.45) is 0 Å². The lowest BCUT2D eigenvalue weighted by molar-refractivity contribution is 0.259. The Hall–Kier alpha value is -0.153. The first-order chi connectivity index (χ1) is 6.83. The van der Waals surface area contributed by atoms with Crippen molar-refractivity contribution in [3.8, 4) is 6.07 Å². The fourth-order valence-corrected chi connectivity index (χ4v) is 3.62. The van der Waals surface area contributed by atoms with E-state index in [1.54, 1.807) is 11.3 Å². The second-order valence-electron chi connectivity index (χ2n) is 4.29. The molecule has 15 heavy (non-hydrogen) atoms. The van der Waals surface area contributed by atoms with Crippen molar-refractivity contribution < 1.29 is 4.43 Å². The van der Waals surface area contributed by atoms with E-state index in [0.717, 1.165) is 9.35 Å². The molecule has 0 radical (unpaired) electrons. The molecule has 0 aliphatic carbocycles. The maximum Gasteiger partial charge on any atom is 0.186 e. The molecule has 2 nitrogen and oxygen atoms in total.